The second-order valence-electron chi connectivity index (χ2n) is 5.81. The minimum absolute atomic E-state index is 0.0326. The normalized spacial score (nSPS) is 28.2. The van der Waals surface area contributed by atoms with Crippen LogP contribution in [0, 0.1) is 22.7 Å². The fourth-order valence-corrected chi connectivity index (χ4v) is 5.25. The smallest absolute Gasteiger partial charge is 0.311 e. The Bertz CT molecular complexity index is 771. The Kier molecular flexibility index (Phi) is 3.42. The SMILES string of the molecule is N#Cc1ncccc1S(=O)(=O)N1C[C@@H]2CCC[C@@]2(C(=O)O)C1. The van der Waals surface area contributed by atoms with E-state index in [1.54, 1.807) is 6.07 Å². The van der Waals surface area contributed by atoms with Crippen molar-refractivity contribution in [1.82, 2.24) is 9.29 Å². The summed E-state index contributed by atoms with van der Waals surface area (Å²) in [4.78, 5) is 15.3. The largest absolute Gasteiger partial charge is 0.481 e. The highest BCUT2D eigenvalue weighted by molar-refractivity contribution is 7.89. The molecule has 2 aliphatic rings. The third-order valence-electron chi connectivity index (χ3n) is 4.76. The molecule has 1 aliphatic heterocycles. The van der Waals surface area contributed by atoms with Gasteiger partial charge in [0.1, 0.15) is 11.0 Å². The maximum atomic E-state index is 12.8. The second kappa shape index (κ2) is 5.04. The van der Waals surface area contributed by atoms with Gasteiger partial charge in [-0.15, -0.1) is 0 Å². The number of nitriles is 1. The maximum absolute atomic E-state index is 12.8. The topological polar surface area (TPSA) is 111 Å². The van der Waals surface area contributed by atoms with E-state index in [0.29, 0.717) is 6.42 Å². The fourth-order valence-electron chi connectivity index (χ4n) is 3.60. The summed E-state index contributed by atoms with van der Waals surface area (Å²) in [7, 11) is -3.91. The Balaban J connectivity index is 1.99. The monoisotopic (exact) mass is 321 g/mol. The third kappa shape index (κ3) is 2.01. The molecule has 8 heteroatoms. The van der Waals surface area contributed by atoms with Gasteiger partial charge in [0.05, 0.1) is 5.41 Å². The van der Waals surface area contributed by atoms with E-state index in [-0.39, 0.29) is 29.6 Å². The predicted octanol–water partition coefficient (Wildman–Crippen LogP) is 0.829. The highest BCUT2D eigenvalue weighted by atomic mass is 32.2. The van der Waals surface area contributed by atoms with Gasteiger partial charge in [0, 0.05) is 19.3 Å². The molecular weight excluding hydrogens is 306 g/mol. The Labute approximate surface area is 128 Å². The van der Waals surface area contributed by atoms with Crippen LogP contribution in [-0.4, -0.2) is 41.9 Å². The van der Waals surface area contributed by atoms with Crippen LogP contribution < -0.4 is 0 Å². The van der Waals surface area contributed by atoms with E-state index in [2.05, 4.69) is 4.98 Å². The Morgan fingerprint density at radius 3 is 2.95 bits per heavy atom. The summed E-state index contributed by atoms with van der Waals surface area (Å²) in [5.74, 6) is -1.10. The number of aromatic nitrogens is 1. The van der Waals surface area contributed by atoms with Crippen molar-refractivity contribution < 1.29 is 18.3 Å². The van der Waals surface area contributed by atoms with Crippen LogP contribution in [0.5, 0.6) is 0 Å². The molecule has 1 saturated carbocycles. The Hall–Kier alpha value is -1.98. The molecule has 0 bridgehead atoms. The number of carboxylic acid groups (broad SMARTS) is 1. The van der Waals surface area contributed by atoms with Crippen LogP contribution in [0.1, 0.15) is 25.0 Å². The van der Waals surface area contributed by atoms with E-state index in [0.717, 1.165) is 12.8 Å². The van der Waals surface area contributed by atoms with Crippen LogP contribution in [0.2, 0.25) is 0 Å². The lowest BCUT2D eigenvalue weighted by atomic mass is 9.81. The van der Waals surface area contributed by atoms with Crippen molar-refractivity contribution in [3.8, 4) is 6.07 Å². The molecular formula is C14H15N3O4S. The van der Waals surface area contributed by atoms with Crippen LogP contribution in [0.4, 0.5) is 0 Å². The average Bonchev–Trinajstić information content (AvgIpc) is 3.05. The molecule has 7 nitrogen and oxygen atoms in total. The predicted molar refractivity (Wildman–Crippen MR) is 75.1 cm³/mol. The van der Waals surface area contributed by atoms with E-state index in [4.69, 9.17) is 5.26 Å². The molecule has 2 atom stereocenters. The molecule has 1 aliphatic carbocycles. The molecule has 1 aromatic rings. The first kappa shape index (κ1) is 14.9. The number of carbonyl (C=O) groups is 1. The van der Waals surface area contributed by atoms with Gasteiger partial charge >= 0.3 is 5.97 Å². The number of pyridine rings is 1. The van der Waals surface area contributed by atoms with Crippen molar-refractivity contribution in [1.29, 1.82) is 5.26 Å². The van der Waals surface area contributed by atoms with Crippen LogP contribution >= 0.6 is 0 Å². The van der Waals surface area contributed by atoms with Gasteiger partial charge in [-0.05, 0) is 30.9 Å². The number of hydrogen-bond acceptors (Lipinski definition) is 5. The second-order valence-corrected chi connectivity index (χ2v) is 7.72. The summed E-state index contributed by atoms with van der Waals surface area (Å²) in [5.41, 5.74) is -1.15. The standard InChI is InChI=1S/C14H15N3O4S/c15-7-11-12(4-2-6-16-11)22(20,21)17-8-10-3-1-5-14(10,9-17)13(18)19/h2,4,6,10H,1,3,5,8-9H2,(H,18,19)/t10-,14+/m0/s1. The number of rotatable bonds is 3. The number of carboxylic acids is 1. The summed E-state index contributed by atoms with van der Waals surface area (Å²) in [6.45, 7) is 0.156. The minimum Gasteiger partial charge on any atom is -0.481 e. The Morgan fingerprint density at radius 1 is 1.55 bits per heavy atom. The van der Waals surface area contributed by atoms with E-state index in [1.807, 2.05) is 0 Å². The van der Waals surface area contributed by atoms with Gasteiger partial charge in [-0.25, -0.2) is 13.4 Å². The third-order valence-corrected chi connectivity index (χ3v) is 6.60. The van der Waals surface area contributed by atoms with Gasteiger partial charge < -0.3 is 5.11 Å². The molecule has 1 N–H and O–H groups in total. The molecule has 0 aromatic carbocycles. The zero-order valence-corrected chi connectivity index (χ0v) is 12.6. The summed E-state index contributed by atoms with van der Waals surface area (Å²) in [6, 6.07) is 4.57. The number of hydrogen-bond donors (Lipinski definition) is 1. The highest BCUT2D eigenvalue weighted by Crippen LogP contribution is 2.50. The van der Waals surface area contributed by atoms with Crippen molar-refractivity contribution in [2.75, 3.05) is 13.1 Å². The zero-order chi connectivity index (χ0) is 16.0. The van der Waals surface area contributed by atoms with Crippen molar-refractivity contribution >= 4 is 16.0 Å². The molecule has 2 heterocycles. The van der Waals surface area contributed by atoms with E-state index in [1.165, 1.54) is 22.6 Å². The molecule has 22 heavy (non-hydrogen) atoms. The quantitative estimate of drug-likeness (QED) is 0.882. The zero-order valence-electron chi connectivity index (χ0n) is 11.8. The van der Waals surface area contributed by atoms with Crippen LogP contribution in [-0.2, 0) is 14.8 Å². The first-order chi connectivity index (χ1) is 10.4. The molecule has 0 spiro atoms. The molecule has 0 radical (unpaired) electrons. The number of nitrogens with zero attached hydrogens (tertiary/aromatic N) is 3. The average molecular weight is 321 g/mol. The Morgan fingerprint density at radius 2 is 2.32 bits per heavy atom. The molecule has 3 rings (SSSR count). The van der Waals surface area contributed by atoms with Gasteiger partial charge in [0.2, 0.25) is 10.0 Å². The lowest BCUT2D eigenvalue weighted by Gasteiger charge is -2.23. The van der Waals surface area contributed by atoms with Crippen LogP contribution in [0.15, 0.2) is 23.2 Å². The van der Waals surface area contributed by atoms with Gasteiger partial charge in [0.25, 0.3) is 0 Å². The summed E-state index contributed by atoms with van der Waals surface area (Å²) in [5, 5.41) is 18.6. The molecule has 2 fully saturated rings. The number of fused-ring (bicyclic) bond motifs is 1. The van der Waals surface area contributed by atoms with Gasteiger partial charge in [-0.3, -0.25) is 4.79 Å². The summed E-state index contributed by atoms with van der Waals surface area (Å²) >= 11 is 0. The van der Waals surface area contributed by atoms with Crippen LogP contribution in [0.3, 0.4) is 0 Å². The van der Waals surface area contributed by atoms with Gasteiger partial charge in [-0.2, -0.15) is 9.57 Å². The van der Waals surface area contributed by atoms with Gasteiger partial charge in [0.15, 0.2) is 5.69 Å². The van der Waals surface area contributed by atoms with Crippen molar-refractivity contribution in [2.45, 2.75) is 24.2 Å². The first-order valence-corrected chi connectivity index (χ1v) is 8.44. The van der Waals surface area contributed by atoms with E-state index < -0.39 is 21.4 Å². The van der Waals surface area contributed by atoms with Gasteiger partial charge in [-0.1, -0.05) is 6.42 Å². The van der Waals surface area contributed by atoms with E-state index in [9.17, 15) is 18.3 Å². The molecule has 0 amide bonds. The first-order valence-electron chi connectivity index (χ1n) is 7.00. The van der Waals surface area contributed by atoms with Crippen molar-refractivity contribution in [3.05, 3.63) is 24.0 Å². The number of aliphatic carboxylic acids is 1. The fraction of sp³-hybridized carbons (Fsp3) is 0.500. The summed E-state index contributed by atoms with van der Waals surface area (Å²) in [6.07, 6.45) is 3.38. The van der Waals surface area contributed by atoms with E-state index >= 15 is 0 Å². The number of sulfonamides is 1. The minimum atomic E-state index is -3.91. The highest BCUT2D eigenvalue weighted by Gasteiger charge is 2.57. The molecule has 0 unspecified atom stereocenters. The van der Waals surface area contributed by atoms with Crippen molar-refractivity contribution in [3.63, 3.8) is 0 Å². The lowest BCUT2D eigenvalue weighted by molar-refractivity contribution is -0.149. The molecule has 1 aromatic heterocycles. The molecule has 116 valence electrons. The van der Waals surface area contributed by atoms with Crippen molar-refractivity contribution in [2.24, 2.45) is 11.3 Å². The van der Waals surface area contributed by atoms with Crippen LogP contribution in [0.25, 0.3) is 0 Å². The summed E-state index contributed by atoms with van der Waals surface area (Å²) < 4.78 is 26.7. The lowest BCUT2D eigenvalue weighted by Crippen LogP contribution is -2.37. The maximum Gasteiger partial charge on any atom is 0.311 e. The molecule has 1 saturated heterocycles.